The van der Waals surface area contributed by atoms with Gasteiger partial charge >= 0.3 is 0 Å². The summed E-state index contributed by atoms with van der Waals surface area (Å²) in [5.41, 5.74) is 2.24. The zero-order valence-electron chi connectivity index (χ0n) is 15.1. The number of aliphatic hydroxyl groups is 1. The summed E-state index contributed by atoms with van der Waals surface area (Å²) in [6.07, 6.45) is 1.54. The first-order valence-corrected chi connectivity index (χ1v) is 9.71. The van der Waals surface area contributed by atoms with Crippen LogP contribution in [0.2, 0.25) is 0 Å². The number of benzene rings is 1. The molecule has 0 saturated carbocycles. The van der Waals surface area contributed by atoms with Crippen LogP contribution >= 0.6 is 11.3 Å². The van der Waals surface area contributed by atoms with Crippen LogP contribution in [0.25, 0.3) is 28.4 Å². The van der Waals surface area contributed by atoms with Crippen molar-refractivity contribution in [3.63, 3.8) is 0 Å². The Bertz CT molecular complexity index is 1190. The van der Waals surface area contributed by atoms with Crippen molar-refractivity contribution in [1.82, 2.24) is 20.0 Å². The maximum atomic E-state index is 10.5. The number of nitrogens with zero attached hydrogens (tertiary/aromatic N) is 4. The standard InChI is InChI=1S/C20H15N5O3S/c21-18-17(20-22-13(11-29-20)12-5-2-1-3-6-12)14(26)9-25(18)10-16-23-19(24-28-16)15-7-4-8-27-15/h1-8,11,21,26H,9-10H2. The lowest BCUT2D eigenvalue weighted by Crippen LogP contribution is -2.26. The predicted molar refractivity (Wildman–Crippen MR) is 107 cm³/mol. The second-order valence-corrected chi connectivity index (χ2v) is 7.28. The topological polar surface area (TPSA) is 112 Å². The zero-order valence-corrected chi connectivity index (χ0v) is 15.9. The molecule has 29 heavy (non-hydrogen) atoms. The first-order valence-electron chi connectivity index (χ1n) is 8.83. The minimum Gasteiger partial charge on any atom is -0.510 e. The Labute approximate surface area is 169 Å². The molecule has 2 N–H and O–H groups in total. The van der Waals surface area contributed by atoms with E-state index in [1.165, 1.54) is 17.6 Å². The van der Waals surface area contributed by atoms with Gasteiger partial charge in [-0.25, -0.2) is 4.98 Å². The molecule has 0 fully saturated rings. The zero-order chi connectivity index (χ0) is 19.8. The van der Waals surface area contributed by atoms with Crippen molar-refractivity contribution in [2.75, 3.05) is 6.54 Å². The van der Waals surface area contributed by atoms with Gasteiger partial charge in [-0.2, -0.15) is 4.98 Å². The number of hydrogen-bond donors (Lipinski definition) is 2. The van der Waals surface area contributed by atoms with Crippen LogP contribution in [0.4, 0.5) is 0 Å². The Morgan fingerprint density at radius 1 is 1.14 bits per heavy atom. The van der Waals surface area contributed by atoms with Crippen LogP contribution in [-0.4, -0.2) is 37.5 Å². The van der Waals surface area contributed by atoms with Crippen LogP contribution in [-0.2, 0) is 6.54 Å². The number of amidine groups is 1. The molecule has 144 valence electrons. The highest BCUT2D eigenvalue weighted by Gasteiger charge is 2.31. The van der Waals surface area contributed by atoms with Gasteiger partial charge in [-0.1, -0.05) is 35.5 Å². The molecule has 0 bridgehead atoms. The molecule has 9 heteroatoms. The first kappa shape index (κ1) is 17.4. The number of furan rings is 1. The SMILES string of the molecule is N=C1C(c2nc(-c3ccccc3)cs2)=C(O)CN1Cc1nc(-c2ccco2)no1. The van der Waals surface area contributed by atoms with Crippen molar-refractivity contribution >= 4 is 22.7 Å². The van der Waals surface area contributed by atoms with Crippen molar-refractivity contribution in [3.05, 3.63) is 70.8 Å². The second-order valence-electron chi connectivity index (χ2n) is 6.42. The van der Waals surface area contributed by atoms with Crippen LogP contribution in [0.1, 0.15) is 10.9 Å². The Kier molecular flexibility index (Phi) is 4.21. The van der Waals surface area contributed by atoms with Crippen molar-refractivity contribution in [3.8, 4) is 22.8 Å². The molecular formula is C20H15N5O3S. The predicted octanol–water partition coefficient (Wildman–Crippen LogP) is 4.22. The van der Waals surface area contributed by atoms with Gasteiger partial charge in [0.15, 0.2) is 5.76 Å². The molecule has 1 aromatic carbocycles. The van der Waals surface area contributed by atoms with E-state index in [1.807, 2.05) is 35.7 Å². The smallest absolute Gasteiger partial charge is 0.246 e. The molecule has 0 unspecified atom stereocenters. The fourth-order valence-electron chi connectivity index (χ4n) is 3.11. The summed E-state index contributed by atoms with van der Waals surface area (Å²) in [5, 5.41) is 25.4. The molecule has 0 spiro atoms. The van der Waals surface area contributed by atoms with Gasteiger partial charge in [-0.3, -0.25) is 5.41 Å². The molecule has 0 aliphatic carbocycles. The van der Waals surface area contributed by atoms with E-state index in [2.05, 4.69) is 15.1 Å². The Morgan fingerprint density at radius 2 is 2.00 bits per heavy atom. The maximum Gasteiger partial charge on any atom is 0.246 e. The van der Waals surface area contributed by atoms with Crippen LogP contribution in [0.15, 0.2) is 68.8 Å². The Hall–Kier alpha value is -3.72. The quantitative estimate of drug-likeness (QED) is 0.511. The van der Waals surface area contributed by atoms with Crippen molar-refractivity contribution in [2.24, 2.45) is 0 Å². The van der Waals surface area contributed by atoms with E-state index in [1.54, 1.807) is 17.0 Å². The fourth-order valence-corrected chi connectivity index (χ4v) is 4.01. The Balaban J connectivity index is 1.34. The molecule has 4 aromatic rings. The van der Waals surface area contributed by atoms with E-state index in [4.69, 9.17) is 14.3 Å². The summed E-state index contributed by atoms with van der Waals surface area (Å²) in [4.78, 5) is 10.6. The van der Waals surface area contributed by atoms with Gasteiger partial charge in [0, 0.05) is 10.9 Å². The van der Waals surface area contributed by atoms with E-state index < -0.39 is 0 Å². The van der Waals surface area contributed by atoms with Crippen LogP contribution in [0.5, 0.6) is 0 Å². The van der Waals surface area contributed by atoms with E-state index in [-0.39, 0.29) is 24.7 Å². The summed E-state index contributed by atoms with van der Waals surface area (Å²) in [6.45, 7) is 0.393. The van der Waals surface area contributed by atoms with Gasteiger partial charge in [0.1, 0.15) is 16.6 Å². The summed E-state index contributed by atoms with van der Waals surface area (Å²) < 4.78 is 10.5. The molecule has 0 atom stereocenters. The number of aromatic nitrogens is 3. The number of rotatable bonds is 5. The third kappa shape index (κ3) is 3.21. The Morgan fingerprint density at radius 3 is 2.79 bits per heavy atom. The minimum atomic E-state index is 0.106. The normalized spacial score (nSPS) is 14.2. The van der Waals surface area contributed by atoms with Crippen LogP contribution < -0.4 is 0 Å². The van der Waals surface area contributed by atoms with Crippen LogP contribution in [0, 0.1) is 5.41 Å². The lowest BCUT2D eigenvalue weighted by molar-refractivity contribution is 0.300. The van der Waals surface area contributed by atoms with Gasteiger partial charge in [-0.05, 0) is 12.1 Å². The fraction of sp³-hybridized carbons (Fsp3) is 0.100. The van der Waals surface area contributed by atoms with Gasteiger partial charge in [0.05, 0.1) is 30.6 Å². The maximum absolute atomic E-state index is 10.5. The van der Waals surface area contributed by atoms with Gasteiger partial charge < -0.3 is 18.9 Å². The molecular weight excluding hydrogens is 390 g/mol. The minimum absolute atomic E-state index is 0.106. The van der Waals surface area contributed by atoms with E-state index in [0.29, 0.717) is 28.1 Å². The van der Waals surface area contributed by atoms with E-state index >= 15 is 0 Å². The van der Waals surface area contributed by atoms with E-state index in [0.717, 1.165) is 11.3 Å². The molecule has 5 rings (SSSR count). The third-order valence-electron chi connectivity index (χ3n) is 4.51. The second kappa shape index (κ2) is 7.02. The first-order chi connectivity index (χ1) is 14.2. The van der Waals surface area contributed by atoms with Crippen molar-refractivity contribution < 1.29 is 14.0 Å². The summed E-state index contributed by atoms with van der Waals surface area (Å²) in [5.74, 6) is 1.47. The molecule has 8 nitrogen and oxygen atoms in total. The molecule has 1 aliphatic rings. The van der Waals surface area contributed by atoms with Crippen molar-refractivity contribution in [2.45, 2.75) is 6.54 Å². The molecule has 0 saturated heterocycles. The number of nitrogens with one attached hydrogen (secondary N) is 1. The lowest BCUT2D eigenvalue weighted by Gasteiger charge is -2.15. The highest BCUT2D eigenvalue weighted by Crippen LogP contribution is 2.32. The van der Waals surface area contributed by atoms with E-state index in [9.17, 15) is 5.11 Å². The largest absolute Gasteiger partial charge is 0.510 e. The molecule has 0 radical (unpaired) electrons. The average Bonchev–Trinajstić information content (AvgIpc) is 3.51. The van der Waals surface area contributed by atoms with Gasteiger partial charge in [0.2, 0.25) is 11.7 Å². The highest BCUT2D eigenvalue weighted by atomic mass is 32.1. The van der Waals surface area contributed by atoms with Gasteiger partial charge in [0.25, 0.3) is 0 Å². The molecule has 1 aliphatic heterocycles. The molecule has 3 aromatic heterocycles. The third-order valence-corrected chi connectivity index (χ3v) is 5.37. The molecule has 4 heterocycles. The number of aliphatic hydroxyl groups excluding tert-OH is 1. The lowest BCUT2D eigenvalue weighted by atomic mass is 10.2. The monoisotopic (exact) mass is 405 g/mol. The molecule has 0 amide bonds. The number of thiazole rings is 1. The summed E-state index contributed by atoms with van der Waals surface area (Å²) in [6, 6.07) is 13.3. The highest BCUT2D eigenvalue weighted by molar-refractivity contribution is 7.11. The summed E-state index contributed by atoms with van der Waals surface area (Å²) in [7, 11) is 0. The average molecular weight is 405 g/mol. The summed E-state index contributed by atoms with van der Waals surface area (Å²) >= 11 is 1.40. The van der Waals surface area contributed by atoms with Crippen molar-refractivity contribution in [1.29, 1.82) is 5.41 Å². The van der Waals surface area contributed by atoms with Crippen LogP contribution in [0.3, 0.4) is 0 Å². The van der Waals surface area contributed by atoms with Gasteiger partial charge in [-0.15, -0.1) is 11.3 Å². The number of hydrogen-bond acceptors (Lipinski definition) is 8.